The van der Waals surface area contributed by atoms with Crippen LogP contribution < -0.4 is 10.1 Å². The topological polar surface area (TPSA) is 84.6 Å². The van der Waals surface area contributed by atoms with Crippen LogP contribution in [0.4, 0.5) is 11.4 Å². The minimum Gasteiger partial charge on any atom is -0.508 e. The highest BCUT2D eigenvalue weighted by Crippen LogP contribution is 2.53. The van der Waals surface area contributed by atoms with Gasteiger partial charge in [-0.1, -0.05) is 38.1 Å². The third kappa shape index (κ3) is 3.19. The number of aromatic hydroxyl groups is 1. The van der Waals surface area contributed by atoms with Gasteiger partial charge in [-0.05, 0) is 36.0 Å². The molecule has 6 heteroatoms. The summed E-state index contributed by atoms with van der Waals surface area (Å²) < 4.78 is 6.03. The van der Waals surface area contributed by atoms with Gasteiger partial charge < -0.3 is 15.2 Å². The van der Waals surface area contributed by atoms with Crippen molar-refractivity contribution in [3.05, 3.63) is 69.8 Å². The van der Waals surface area contributed by atoms with Crippen LogP contribution in [0.15, 0.2) is 48.6 Å². The monoisotopic (exact) mass is 380 g/mol. The number of phenolic OH excluding ortho intramolecular Hbond substituents is 1. The van der Waals surface area contributed by atoms with Crippen LogP contribution in [0.2, 0.25) is 0 Å². The van der Waals surface area contributed by atoms with E-state index in [1.165, 1.54) is 23.8 Å². The minimum absolute atomic E-state index is 0.0211. The van der Waals surface area contributed by atoms with Crippen molar-refractivity contribution in [2.45, 2.75) is 32.2 Å². The lowest BCUT2D eigenvalue weighted by atomic mass is 9.76. The molecule has 0 spiro atoms. The van der Waals surface area contributed by atoms with Gasteiger partial charge >= 0.3 is 0 Å². The summed E-state index contributed by atoms with van der Waals surface area (Å²) in [7, 11) is 0. The molecular weight excluding hydrogens is 356 g/mol. The molecule has 0 saturated carbocycles. The van der Waals surface area contributed by atoms with E-state index >= 15 is 0 Å². The number of nitrogens with zero attached hydrogens (tertiary/aromatic N) is 1. The number of fused-ring (bicyclic) bond motifs is 3. The van der Waals surface area contributed by atoms with Crippen molar-refractivity contribution in [2.24, 2.45) is 11.8 Å². The van der Waals surface area contributed by atoms with E-state index in [1.807, 2.05) is 12.1 Å². The zero-order valence-electron chi connectivity index (χ0n) is 16.0. The molecule has 2 N–H and O–H groups in total. The molecule has 146 valence electrons. The largest absolute Gasteiger partial charge is 0.508 e. The molecule has 2 aromatic carbocycles. The van der Waals surface area contributed by atoms with Gasteiger partial charge in [0.25, 0.3) is 5.69 Å². The van der Waals surface area contributed by atoms with Gasteiger partial charge in [0, 0.05) is 23.6 Å². The summed E-state index contributed by atoms with van der Waals surface area (Å²) in [5, 5.41) is 25.3. The Morgan fingerprint density at radius 1 is 1.29 bits per heavy atom. The lowest BCUT2D eigenvalue weighted by Gasteiger charge is -2.38. The standard InChI is InChI=1S/C22H24N2O4/c1-13(2)12-28-20-8-4-7-17-15-5-3-6-16(15)21(23-22(17)20)18-11-14(24(26)27)9-10-19(18)25/h3-5,7-11,13,15-16,21,23,25H,6,12H2,1-2H3. The summed E-state index contributed by atoms with van der Waals surface area (Å²) in [6.07, 6.45) is 5.19. The van der Waals surface area contributed by atoms with Crippen molar-refractivity contribution < 1.29 is 14.8 Å². The Morgan fingerprint density at radius 3 is 2.86 bits per heavy atom. The molecule has 6 nitrogen and oxygen atoms in total. The summed E-state index contributed by atoms with van der Waals surface area (Å²) in [5.74, 6) is 1.61. The van der Waals surface area contributed by atoms with Gasteiger partial charge in [0.05, 0.1) is 23.3 Å². The highest BCUT2D eigenvalue weighted by molar-refractivity contribution is 5.68. The zero-order chi connectivity index (χ0) is 19.8. The van der Waals surface area contributed by atoms with Gasteiger partial charge in [0.1, 0.15) is 11.5 Å². The van der Waals surface area contributed by atoms with Crippen molar-refractivity contribution in [3.63, 3.8) is 0 Å². The molecule has 1 aliphatic carbocycles. The van der Waals surface area contributed by atoms with Gasteiger partial charge in [0.2, 0.25) is 0 Å². The third-order valence-corrected chi connectivity index (χ3v) is 5.49. The van der Waals surface area contributed by atoms with Crippen LogP contribution in [0.5, 0.6) is 11.5 Å². The molecule has 1 heterocycles. The normalized spacial score (nSPS) is 22.5. The number of non-ortho nitro benzene ring substituents is 1. The first kappa shape index (κ1) is 18.3. The van der Waals surface area contributed by atoms with Crippen molar-refractivity contribution in [1.82, 2.24) is 0 Å². The maximum absolute atomic E-state index is 11.2. The molecule has 28 heavy (non-hydrogen) atoms. The Bertz CT molecular complexity index is 938. The molecule has 0 radical (unpaired) electrons. The van der Waals surface area contributed by atoms with E-state index in [-0.39, 0.29) is 29.3 Å². The minimum atomic E-state index is -0.429. The number of benzene rings is 2. The molecule has 2 aliphatic rings. The molecule has 1 aliphatic heterocycles. The summed E-state index contributed by atoms with van der Waals surface area (Å²) in [5.41, 5.74) is 2.61. The molecule has 0 amide bonds. The van der Waals surface area contributed by atoms with Crippen LogP contribution >= 0.6 is 0 Å². The van der Waals surface area contributed by atoms with Crippen LogP contribution in [0.3, 0.4) is 0 Å². The van der Waals surface area contributed by atoms with E-state index in [0.29, 0.717) is 18.1 Å². The number of allylic oxidation sites excluding steroid dienone is 2. The Morgan fingerprint density at radius 2 is 2.11 bits per heavy atom. The molecule has 0 bridgehead atoms. The summed E-state index contributed by atoms with van der Waals surface area (Å²) in [6, 6.07) is 10.0. The second-order valence-electron chi connectivity index (χ2n) is 7.90. The van der Waals surface area contributed by atoms with Gasteiger partial charge in [0.15, 0.2) is 0 Å². The molecule has 0 aromatic heterocycles. The first-order valence-electron chi connectivity index (χ1n) is 9.62. The Labute approximate surface area is 164 Å². The van der Waals surface area contributed by atoms with E-state index in [9.17, 15) is 15.2 Å². The van der Waals surface area contributed by atoms with Gasteiger partial charge in [-0.2, -0.15) is 0 Å². The average molecular weight is 380 g/mol. The maximum Gasteiger partial charge on any atom is 0.270 e. The molecular formula is C22H24N2O4. The van der Waals surface area contributed by atoms with Crippen LogP contribution in [0.1, 0.15) is 43.4 Å². The number of nitro benzene ring substituents is 1. The van der Waals surface area contributed by atoms with E-state index in [4.69, 9.17) is 4.74 Å². The summed E-state index contributed by atoms with van der Waals surface area (Å²) >= 11 is 0. The van der Waals surface area contributed by atoms with Crippen molar-refractivity contribution in [2.75, 3.05) is 11.9 Å². The van der Waals surface area contributed by atoms with Crippen molar-refractivity contribution in [3.8, 4) is 11.5 Å². The second kappa shape index (κ2) is 7.19. The predicted molar refractivity (Wildman–Crippen MR) is 108 cm³/mol. The quantitative estimate of drug-likeness (QED) is 0.425. The first-order valence-corrected chi connectivity index (χ1v) is 9.62. The van der Waals surface area contributed by atoms with E-state index < -0.39 is 4.92 Å². The second-order valence-corrected chi connectivity index (χ2v) is 7.90. The highest BCUT2D eigenvalue weighted by Gasteiger charge is 2.40. The number of anilines is 1. The van der Waals surface area contributed by atoms with Gasteiger partial charge in [-0.25, -0.2) is 0 Å². The third-order valence-electron chi connectivity index (χ3n) is 5.49. The Hall–Kier alpha value is -3.02. The predicted octanol–water partition coefficient (Wildman–Crippen LogP) is 5.16. The van der Waals surface area contributed by atoms with Gasteiger partial charge in [-0.15, -0.1) is 0 Å². The maximum atomic E-state index is 11.2. The molecule has 3 unspecified atom stereocenters. The van der Waals surface area contributed by atoms with Crippen molar-refractivity contribution >= 4 is 11.4 Å². The number of rotatable bonds is 5. The molecule has 0 fully saturated rings. The smallest absolute Gasteiger partial charge is 0.270 e. The number of para-hydroxylation sites is 1. The van der Waals surface area contributed by atoms with E-state index in [0.717, 1.165) is 17.9 Å². The lowest BCUT2D eigenvalue weighted by Crippen LogP contribution is -2.29. The fourth-order valence-corrected chi connectivity index (χ4v) is 4.18. The number of ether oxygens (including phenoxy) is 1. The molecule has 2 aromatic rings. The molecule has 4 rings (SSSR count). The van der Waals surface area contributed by atoms with E-state index in [1.54, 1.807) is 0 Å². The number of phenols is 1. The van der Waals surface area contributed by atoms with Crippen LogP contribution in [0, 0.1) is 22.0 Å². The zero-order valence-corrected chi connectivity index (χ0v) is 16.0. The SMILES string of the molecule is CC(C)COc1cccc2c1NC(c1cc([N+](=O)[O-])ccc1O)C1CC=CC21. The van der Waals surface area contributed by atoms with E-state index in [2.05, 4.69) is 37.4 Å². The first-order chi connectivity index (χ1) is 13.5. The number of hydrogen-bond donors (Lipinski definition) is 2. The molecule has 3 atom stereocenters. The van der Waals surface area contributed by atoms with Crippen LogP contribution in [-0.4, -0.2) is 16.6 Å². The fraction of sp³-hybridized carbons (Fsp3) is 0.364. The van der Waals surface area contributed by atoms with Crippen LogP contribution in [0.25, 0.3) is 0 Å². The number of nitrogens with one attached hydrogen (secondary N) is 1. The highest BCUT2D eigenvalue weighted by atomic mass is 16.6. The number of hydrogen-bond acceptors (Lipinski definition) is 5. The summed E-state index contributed by atoms with van der Waals surface area (Å²) in [6.45, 7) is 4.81. The average Bonchev–Trinajstić information content (AvgIpc) is 3.16. The van der Waals surface area contributed by atoms with Crippen molar-refractivity contribution in [1.29, 1.82) is 0 Å². The van der Waals surface area contributed by atoms with Gasteiger partial charge in [-0.3, -0.25) is 10.1 Å². The lowest BCUT2D eigenvalue weighted by molar-refractivity contribution is -0.385. The Kier molecular flexibility index (Phi) is 4.71. The number of nitro groups is 1. The molecule has 0 saturated heterocycles. The van der Waals surface area contributed by atoms with Crippen LogP contribution in [-0.2, 0) is 0 Å². The fourth-order valence-electron chi connectivity index (χ4n) is 4.18. The summed E-state index contributed by atoms with van der Waals surface area (Å²) in [4.78, 5) is 10.8. The Balaban J connectivity index is 1.77.